The van der Waals surface area contributed by atoms with Crippen molar-refractivity contribution in [2.75, 3.05) is 33.5 Å². The van der Waals surface area contributed by atoms with Gasteiger partial charge in [-0.1, -0.05) is 0 Å². The number of amides is 2. The second-order valence-electron chi connectivity index (χ2n) is 12.8. The van der Waals surface area contributed by atoms with E-state index in [4.69, 9.17) is 37.9 Å². The molecule has 0 saturated carbocycles. The van der Waals surface area contributed by atoms with Crippen molar-refractivity contribution in [2.45, 2.75) is 137 Å². The average molecular weight is 763 g/mol. The molecule has 0 aliphatic carbocycles. The quantitative estimate of drug-likeness (QED) is 0.0828. The summed E-state index contributed by atoms with van der Waals surface area (Å²) in [6, 6.07) is -2.84. The molecular weight excluding hydrogens is 712 g/mol. The topological polar surface area (TPSA) is 355 Å². The number of carbonyl (C=O) groups excluding carboxylic acids is 2. The molecule has 23 nitrogen and oxygen atoms in total. The van der Waals surface area contributed by atoms with E-state index in [1.165, 1.54) is 14.0 Å². The standard InChI is InChI=1S/C29H50N2O21/c1-8(36)30-14-18(40)23(12(6-34)48-26(14)45-3)51-29-22(44)25(17(39)11(5-33)47-29)52-27-15(31-9(2)37)19(41)24(13(7-35)49-27)50-28-21(43)20(42)16(38)10(4-32)46-28/h10-29,32-35,38-44H,4-7H2,1-3H3,(H,30,36)(H,31,37)/t10-,11-,12-,13-,14-,15-,16+,17+,18-,19-,20+,21-,22-,23-,24-,25+,26-,27+,28+,29+/m1/s1. The summed E-state index contributed by atoms with van der Waals surface area (Å²) in [7, 11) is 1.23. The van der Waals surface area contributed by atoms with Gasteiger partial charge in [0.25, 0.3) is 0 Å². The summed E-state index contributed by atoms with van der Waals surface area (Å²) in [5, 5.41) is 120. The van der Waals surface area contributed by atoms with Gasteiger partial charge < -0.3 is 105 Å². The van der Waals surface area contributed by atoms with Crippen molar-refractivity contribution in [1.29, 1.82) is 0 Å². The van der Waals surface area contributed by atoms with Gasteiger partial charge in [0.05, 0.1) is 26.4 Å². The highest BCUT2D eigenvalue weighted by molar-refractivity contribution is 5.73. The van der Waals surface area contributed by atoms with Crippen molar-refractivity contribution < 1.29 is 104 Å². The van der Waals surface area contributed by atoms with E-state index in [-0.39, 0.29) is 0 Å². The molecule has 0 unspecified atom stereocenters. The molecule has 0 bridgehead atoms. The molecule has 13 N–H and O–H groups in total. The third-order valence-electron chi connectivity index (χ3n) is 9.22. The summed E-state index contributed by atoms with van der Waals surface area (Å²) in [5.74, 6) is -1.32. The minimum atomic E-state index is -2.00. The smallest absolute Gasteiger partial charge is 0.217 e. The van der Waals surface area contributed by atoms with Crippen molar-refractivity contribution >= 4 is 11.8 Å². The Balaban J connectivity index is 1.57. The van der Waals surface area contributed by atoms with Gasteiger partial charge in [0.2, 0.25) is 11.8 Å². The van der Waals surface area contributed by atoms with Gasteiger partial charge in [-0.2, -0.15) is 0 Å². The second-order valence-corrected chi connectivity index (χ2v) is 12.8. The largest absolute Gasteiger partial charge is 0.394 e. The molecule has 4 fully saturated rings. The summed E-state index contributed by atoms with van der Waals surface area (Å²) in [4.78, 5) is 24.1. The van der Waals surface area contributed by atoms with E-state index >= 15 is 0 Å². The highest BCUT2D eigenvalue weighted by atomic mass is 16.8. The van der Waals surface area contributed by atoms with E-state index in [2.05, 4.69) is 10.6 Å². The number of rotatable bonds is 13. The number of aliphatic hydroxyl groups is 11. The molecular formula is C29H50N2O21. The van der Waals surface area contributed by atoms with Crippen LogP contribution in [0.25, 0.3) is 0 Å². The minimum Gasteiger partial charge on any atom is -0.394 e. The highest BCUT2D eigenvalue weighted by Gasteiger charge is 2.56. The Bertz CT molecular complexity index is 1160. The van der Waals surface area contributed by atoms with E-state index in [0.717, 1.165) is 6.92 Å². The Morgan fingerprint density at radius 1 is 0.481 bits per heavy atom. The van der Waals surface area contributed by atoms with E-state index in [1.807, 2.05) is 0 Å². The van der Waals surface area contributed by atoms with Crippen LogP contribution in [-0.4, -0.2) is 224 Å². The zero-order chi connectivity index (χ0) is 38.6. The maximum atomic E-state index is 12.2. The van der Waals surface area contributed by atoms with Crippen LogP contribution < -0.4 is 10.6 Å². The number of carbonyl (C=O) groups is 2. The van der Waals surface area contributed by atoms with Crippen LogP contribution in [0.5, 0.6) is 0 Å². The predicted molar refractivity (Wildman–Crippen MR) is 162 cm³/mol. The molecule has 52 heavy (non-hydrogen) atoms. The SMILES string of the molecule is CO[C@@H]1O[C@H](CO)[C@@H](O[C@@H]2O[C@H](CO)[C@H](O)[C@H](O[C@@H]3O[C@H](CO)[C@@H](O[C@@H]4O[C@H](CO)[C@H](O)[C@H](O)[C@H]4O)[C@H](O)[C@H]3NC(C)=O)[C@H]2O)[C@H](O)[C@H]1NC(C)=O. The van der Waals surface area contributed by atoms with Gasteiger partial charge in [0.1, 0.15) is 97.5 Å². The first kappa shape index (κ1) is 42.9. The van der Waals surface area contributed by atoms with Crippen LogP contribution >= 0.6 is 0 Å². The maximum absolute atomic E-state index is 12.2. The molecule has 0 aromatic rings. The normalized spacial score (nSPS) is 47.1. The first-order chi connectivity index (χ1) is 24.6. The molecule has 4 aliphatic heterocycles. The molecule has 0 radical (unpaired) electrons. The van der Waals surface area contributed by atoms with Crippen LogP contribution in [0.15, 0.2) is 0 Å². The number of methoxy groups -OCH3 is 1. The summed E-state index contributed by atoms with van der Waals surface area (Å²) < 4.78 is 44.9. The van der Waals surface area contributed by atoms with Gasteiger partial charge in [0.15, 0.2) is 25.2 Å². The number of ether oxygens (including phenoxy) is 8. The molecule has 2 amide bonds. The van der Waals surface area contributed by atoms with Crippen LogP contribution in [0.3, 0.4) is 0 Å². The summed E-state index contributed by atoms with van der Waals surface area (Å²) in [6.07, 6.45) is -30.3. The minimum absolute atomic E-state index is 0.577. The van der Waals surface area contributed by atoms with Gasteiger partial charge in [0, 0.05) is 21.0 Å². The van der Waals surface area contributed by atoms with Gasteiger partial charge >= 0.3 is 0 Å². The van der Waals surface area contributed by atoms with E-state index in [1.54, 1.807) is 0 Å². The highest BCUT2D eigenvalue weighted by Crippen LogP contribution is 2.34. The molecule has 0 aromatic carbocycles. The van der Waals surface area contributed by atoms with Crippen molar-refractivity contribution in [3.63, 3.8) is 0 Å². The van der Waals surface area contributed by atoms with Crippen LogP contribution in [0.2, 0.25) is 0 Å². The Morgan fingerprint density at radius 2 is 0.865 bits per heavy atom. The number of aliphatic hydroxyl groups excluding tert-OH is 11. The summed E-state index contributed by atoms with van der Waals surface area (Å²) in [5.41, 5.74) is 0. The van der Waals surface area contributed by atoms with Crippen molar-refractivity contribution in [3.05, 3.63) is 0 Å². The lowest BCUT2D eigenvalue weighted by atomic mass is 9.94. The Morgan fingerprint density at radius 3 is 1.31 bits per heavy atom. The predicted octanol–water partition coefficient (Wildman–Crippen LogP) is -8.81. The fraction of sp³-hybridized carbons (Fsp3) is 0.931. The van der Waals surface area contributed by atoms with Gasteiger partial charge in [-0.25, -0.2) is 0 Å². The maximum Gasteiger partial charge on any atom is 0.217 e. The van der Waals surface area contributed by atoms with Gasteiger partial charge in [-0.3, -0.25) is 9.59 Å². The molecule has 20 atom stereocenters. The van der Waals surface area contributed by atoms with E-state index in [0.29, 0.717) is 0 Å². The van der Waals surface area contributed by atoms with Crippen LogP contribution in [0, 0.1) is 0 Å². The van der Waals surface area contributed by atoms with Gasteiger partial charge in [-0.15, -0.1) is 0 Å². The lowest BCUT2D eigenvalue weighted by Gasteiger charge is -2.50. The van der Waals surface area contributed by atoms with Gasteiger partial charge in [-0.05, 0) is 0 Å². The first-order valence-electron chi connectivity index (χ1n) is 16.5. The first-order valence-corrected chi connectivity index (χ1v) is 16.5. The van der Waals surface area contributed by atoms with Crippen LogP contribution in [0.4, 0.5) is 0 Å². The van der Waals surface area contributed by atoms with E-state index < -0.39 is 161 Å². The molecule has 302 valence electrons. The van der Waals surface area contributed by atoms with Crippen LogP contribution in [0.1, 0.15) is 13.8 Å². The zero-order valence-corrected chi connectivity index (χ0v) is 28.4. The lowest BCUT2D eigenvalue weighted by Crippen LogP contribution is -2.70. The van der Waals surface area contributed by atoms with Crippen molar-refractivity contribution in [3.8, 4) is 0 Å². The molecule has 0 aromatic heterocycles. The zero-order valence-electron chi connectivity index (χ0n) is 28.4. The number of hydrogen-bond donors (Lipinski definition) is 13. The fourth-order valence-electron chi connectivity index (χ4n) is 6.54. The number of hydrogen-bond acceptors (Lipinski definition) is 21. The van der Waals surface area contributed by atoms with Crippen molar-refractivity contribution in [1.82, 2.24) is 10.6 Å². The third kappa shape index (κ3) is 9.16. The molecule has 4 aliphatic rings. The summed E-state index contributed by atoms with van der Waals surface area (Å²) >= 11 is 0. The monoisotopic (exact) mass is 762 g/mol. The molecule has 23 heteroatoms. The van der Waals surface area contributed by atoms with Crippen molar-refractivity contribution in [2.24, 2.45) is 0 Å². The van der Waals surface area contributed by atoms with E-state index in [9.17, 15) is 65.8 Å². The fourth-order valence-corrected chi connectivity index (χ4v) is 6.54. The Labute approximate surface area is 296 Å². The Kier molecular flexibility index (Phi) is 15.4. The Hall–Kier alpha value is -1.82. The molecule has 4 heterocycles. The lowest BCUT2D eigenvalue weighted by molar-refractivity contribution is -0.377. The molecule has 4 rings (SSSR count). The van der Waals surface area contributed by atoms with Crippen LogP contribution in [-0.2, 0) is 47.5 Å². The average Bonchev–Trinajstić information content (AvgIpc) is 3.11. The molecule has 0 spiro atoms. The second kappa shape index (κ2) is 18.7. The summed E-state index contributed by atoms with van der Waals surface area (Å²) in [6.45, 7) is -1.09. The molecule has 4 saturated heterocycles. The third-order valence-corrected chi connectivity index (χ3v) is 9.22. The number of nitrogens with one attached hydrogen (secondary N) is 2.